The molecule has 0 aliphatic carbocycles. The van der Waals surface area contributed by atoms with E-state index in [1.807, 2.05) is 57.2 Å². The second kappa shape index (κ2) is 53.7. The first kappa shape index (κ1) is 118. The Bertz CT molecular complexity index is 6230. The van der Waals surface area contributed by atoms with Crippen LogP contribution in [-0.2, 0) is 84.7 Å². The molecule has 0 spiro atoms. The van der Waals surface area contributed by atoms with Gasteiger partial charge in [0, 0.05) is 210 Å². The van der Waals surface area contributed by atoms with Crippen molar-refractivity contribution in [3.63, 3.8) is 0 Å². The van der Waals surface area contributed by atoms with Crippen molar-refractivity contribution in [1.29, 1.82) is 0 Å². The number of aliphatic hydroxyl groups is 3. The third-order valence-electron chi connectivity index (χ3n) is 28.4. The molecule has 1 unspecified atom stereocenters. The smallest absolute Gasteiger partial charge is 0.312 e. The molecule has 6 heterocycles. The van der Waals surface area contributed by atoms with Crippen LogP contribution in [0, 0.1) is 54.3 Å². The van der Waals surface area contributed by atoms with Crippen LogP contribution in [-0.4, -0.2) is 231 Å². The van der Waals surface area contributed by atoms with E-state index >= 15 is 4.79 Å². The van der Waals surface area contributed by atoms with Crippen LogP contribution in [0.15, 0.2) is 135 Å². The number of imide groups is 2. The summed E-state index contributed by atoms with van der Waals surface area (Å²) >= 11 is 0. The highest BCUT2D eigenvalue weighted by atomic mass is 16.7. The maximum absolute atomic E-state index is 15.2. The second-order valence-electron chi connectivity index (χ2n) is 40.5. The van der Waals surface area contributed by atoms with Gasteiger partial charge in [0.1, 0.15) is 35.4 Å². The highest BCUT2D eigenvalue weighted by Crippen LogP contribution is 2.44. The number of hydrogen-bond donors (Lipinski definition) is 13. The summed E-state index contributed by atoms with van der Waals surface area (Å²) in [5.74, 6) is -12.6. The van der Waals surface area contributed by atoms with Crippen LogP contribution in [0.3, 0.4) is 0 Å². The number of nitrogens with two attached hydrogens (primary N) is 2. The molecule has 1 saturated heterocycles. The van der Waals surface area contributed by atoms with E-state index in [-0.39, 0.29) is 185 Å². The van der Waals surface area contributed by atoms with Gasteiger partial charge in [-0.25, -0.2) is 14.6 Å². The van der Waals surface area contributed by atoms with Crippen molar-refractivity contribution in [2.24, 2.45) is 58.8 Å². The largest absolute Gasteiger partial charge is 0.507 e. The molecule has 149 heavy (non-hydrogen) atoms. The zero-order valence-electron chi connectivity index (χ0n) is 87.4. The summed E-state index contributed by atoms with van der Waals surface area (Å²) in [6.45, 7) is 24.4. The lowest BCUT2D eigenvalue weighted by Gasteiger charge is -2.43. The Balaban J connectivity index is 0.000000491. The van der Waals surface area contributed by atoms with Gasteiger partial charge in [0.2, 0.25) is 34.5 Å². The van der Waals surface area contributed by atoms with Gasteiger partial charge < -0.3 is 102 Å². The monoisotopic (exact) mass is 2070 g/mol. The number of amides is 13. The van der Waals surface area contributed by atoms with Crippen molar-refractivity contribution >= 4 is 144 Å². The number of anilines is 4. The summed E-state index contributed by atoms with van der Waals surface area (Å²) in [4.78, 5) is 216. The second-order valence-corrected chi connectivity index (χ2v) is 40.5. The average molecular weight is 2070 g/mol. The van der Waals surface area contributed by atoms with Crippen LogP contribution in [0.1, 0.15) is 210 Å². The number of benzene rings is 5. The number of allylic oxidation sites excluding steroid dienone is 2. The number of aryl methyl sites for hydroxylation is 1. The minimum Gasteiger partial charge on any atom is -0.507 e. The number of ether oxygens (including phenoxy) is 4. The summed E-state index contributed by atoms with van der Waals surface area (Å²) in [5, 5.41) is 66.5. The lowest BCUT2D eigenvalue weighted by atomic mass is 9.78. The fourth-order valence-electron chi connectivity index (χ4n) is 19.5. The number of aromatic hydroxyl groups is 1. The topological polar surface area (TPSA) is 563 Å². The van der Waals surface area contributed by atoms with E-state index in [1.54, 1.807) is 71.9 Å². The lowest BCUT2D eigenvalue weighted by Crippen LogP contribution is -2.53. The number of nitrogens with zero attached hydrogens (tertiary/aromatic N) is 5. The van der Waals surface area contributed by atoms with Crippen molar-refractivity contribution < 1.29 is 115 Å². The number of aromatic nitrogens is 1. The number of primary amides is 2. The Hall–Kier alpha value is -14.1. The number of carbonyl (C=O) groups excluding carboxylic acids is 14. The van der Waals surface area contributed by atoms with E-state index in [0.717, 1.165) is 22.4 Å². The van der Waals surface area contributed by atoms with Crippen molar-refractivity contribution in [2.45, 2.75) is 261 Å². The van der Waals surface area contributed by atoms with Crippen LogP contribution in [0.5, 0.6) is 11.5 Å². The molecule has 6 aromatic rings. The maximum atomic E-state index is 15.2. The molecular formula is C110H149N14O25+. The van der Waals surface area contributed by atoms with Crippen molar-refractivity contribution in [3.8, 4) is 11.5 Å². The first-order chi connectivity index (χ1) is 70.1. The van der Waals surface area contributed by atoms with Gasteiger partial charge in [-0.3, -0.25) is 76.9 Å². The molecule has 13 amide bonds. The summed E-state index contributed by atoms with van der Waals surface area (Å²) in [6, 6.07) is 15.2. The van der Waals surface area contributed by atoms with Gasteiger partial charge in [-0.15, -0.1) is 0 Å². The fraction of sp³-hybridized carbons (Fsp3) is 0.518. The van der Waals surface area contributed by atoms with Gasteiger partial charge in [-0.2, -0.15) is 0 Å². The quantitative estimate of drug-likeness (QED) is 0.00423. The number of phenols is 1. The molecule has 13 atom stereocenters. The Morgan fingerprint density at radius 1 is 0.644 bits per heavy atom. The van der Waals surface area contributed by atoms with Crippen LogP contribution >= 0.6 is 0 Å². The Kier molecular flexibility index (Phi) is 42.7. The van der Waals surface area contributed by atoms with Crippen LogP contribution in [0.25, 0.3) is 38.7 Å². The first-order valence-corrected chi connectivity index (χ1v) is 50.9. The minimum atomic E-state index is -2.05. The normalized spacial score (nSPS) is 21.3. The number of Topliss-reactive ketones (excluding diaryl/α,β-unsaturated/α-hetero) is 2. The molecule has 4 bridgehead atoms. The molecule has 1 aromatic heterocycles. The SMILES string of the molecule is C.CCc1ccc(NC(=O)[C@H](CCCNC(N)=O)CC(=O)[C@@H](NC(=O)CCCCCN2C(=O)C=CC2=O)C(C)C)cc1.CO[C@H]1/C=C/O[C@@]2(C)Oc3c(C)c(O)c4c(=O)c(c5oc6cc(N7CCC([N+](C)(C)Cc8ccc(NC(=O)[C@H](CCCNC(N)=O)CC(=O)[C@@H](NC(=O)CCCCCN9C(=O)C=CC9=O)C(C)C)cc8)CC7)cc(=O)c6nc5c4c3=C2O)NC(=O)/C(C)=C\C=C\[C@H](C)[C@H](O)[C@@H](C)[C@@H](O)[C@@H](C)C(OC(C)=O)[C@@H]1C. The Morgan fingerprint density at radius 2 is 1.15 bits per heavy atom. The molecule has 0 radical (unpaired) electrons. The number of fused-ring (bicyclic) bond motifs is 2. The molecule has 5 aromatic carbocycles. The molecule has 39 nitrogen and oxygen atoms in total. The van der Waals surface area contributed by atoms with Gasteiger partial charge in [0.25, 0.3) is 29.5 Å². The maximum Gasteiger partial charge on any atom is 0.312 e. The standard InChI is InChI=1S/C79H101N9O19.C30H43N5O6.CH4/c1-41(2)64(83-58(92)22-15-14-16-33-87-59(93)27-28-60(87)94)54(90)37-50(21-18-32-81-78(80)102)77(101)82-51-25-23-49(24-26-51)40-88(11,12)53-29-34-86(35-30-53)52-38-55(91)65-57(39-52)106-74-66(84-65)61-62-70(97)47(8)73-63(61)75(99)79(10,107-73)104-36-31-56(103-13)44(5)72(105-48(9)89)46(7)69(96)45(6)68(95)42(3)19-17-20-43(4)76(100)85-67(74)71(62)98;1-4-21-11-13-23(14-12-21)33-29(40)22(9-8-17-32-30(31)41)19-24(36)28(20(2)3)34-25(37)10-6-5-7-18-35-26(38)15-16-27(35)39;/h17,19-20,23-28,31,36,38-39,41-42,44-46,50,53,56,64,68-69,72,95-96H,14-16,18,21-22,29-30,32-35,37,40H2,1-13H3,(H7-,80,81,82,83,84,85,91,92,93,94,97,98,99,100,101,102);11-16,20,22,28H,4-10,17-19H2,1-3H3,(H,33,40)(H,34,37)(H3,31,32,41);1H4/p+1/b19-17+,36-31+,43-20-;;/t42-,44+,45+,46+,50+,56-,64-,68-,69+,72?,79-;22-,28+;/m01./s1. The predicted octanol–water partition coefficient (Wildman–Crippen LogP) is 10.9. The third kappa shape index (κ3) is 30.8. The summed E-state index contributed by atoms with van der Waals surface area (Å²) in [7, 11) is 5.70. The number of hydrogen-bond acceptors (Lipinski definition) is 27. The van der Waals surface area contributed by atoms with Crippen LogP contribution < -0.4 is 74.4 Å². The number of urea groups is 2. The third-order valence-corrected chi connectivity index (χ3v) is 28.4. The zero-order chi connectivity index (χ0) is 109. The molecule has 5 aliphatic rings. The van der Waals surface area contributed by atoms with Crippen LogP contribution in [0.2, 0.25) is 0 Å². The summed E-state index contributed by atoms with van der Waals surface area (Å²) in [6.07, 6.45) is 15.3. The Morgan fingerprint density at radius 3 is 1.62 bits per heavy atom. The molecular weight excluding hydrogens is 1920 g/mol. The Labute approximate surface area is 867 Å². The minimum absolute atomic E-state index is 0. The van der Waals surface area contributed by atoms with E-state index in [9.17, 15) is 92.3 Å². The van der Waals surface area contributed by atoms with E-state index in [1.165, 1.54) is 88.5 Å². The highest BCUT2D eigenvalue weighted by Gasteiger charge is 2.46. The number of quaternary nitrogens is 1. The molecule has 15 N–H and O–H groups in total. The van der Waals surface area contributed by atoms with E-state index < -0.39 is 136 Å². The fourth-order valence-corrected chi connectivity index (χ4v) is 19.5. The van der Waals surface area contributed by atoms with E-state index in [4.69, 9.17) is 39.8 Å². The number of piperidine rings is 1. The van der Waals surface area contributed by atoms with Gasteiger partial charge in [-0.05, 0) is 119 Å². The molecule has 0 saturated carbocycles. The van der Waals surface area contributed by atoms with Crippen molar-refractivity contribution in [1.82, 2.24) is 36.1 Å². The first-order valence-electron chi connectivity index (χ1n) is 50.9. The number of carbonyl (C=O) groups is 14. The number of rotatable bonds is 41. The van der Waals surface area contributed by atoms with Gasteiger partial charge in [0.05, 0.1) is 67.4 Å². The summed E-state index contributed by atoms with van der Waals surface area (Å²) in [5.41, 5.74) is 11.7. The molecule has 11 rings (SSSR count). The van der Waals surface area contributed by atoms with E-state index in [0.29, 0.717) is 118 Å². The lowest BCUT2D eigenvalue weighted by molar-refractivity contribution is -0.928. The highest BCUT2D eigenvalue weighted by molar-refractivity contribution is 6.18. The number of nitrogens with one attached hydrogen (secondary N) is 7. The van der Waals surface area contributed by atoms with E-state index in [2.05, 4.69) is 56.2 Å². The number of phenolic OH excluding ortho intramolecular Hbond substituents is 1. The average Bonchev–Trinajstić information content (AvgIpc) is 1.38. The predicted molar refractivity (Wildman–Crippen MR) is 564 cm³/mol. The molecule has 5 aliphatic heterocycles. The molecule has 1 fully saturated rings. The number of unbranched alkanes of at least 4 members (excludes halogenated alkanes) is 4. The zero-order valence-corrected chi connectivity index (χ0v) is 87.4. The summed E-state index contributed by atoms with van der Waals surface area (Å²) < 4.78 is 31.5. The number of ketones is 2. The molecule has 39 heteroatoms. The number of aliphatic hydroxyl groups excluding tert-OH is 3. The van der Waals surface area contributed by atoms with Gasteiger partial charge in [0.15, 0.2) is 34.0 Å². The number of methoxy groups -OCH3 is 1. The van der Waals surface area contributed by atoms with Gasteiger partial charge in [-0.1, -0.05) is 125 Å². The number of esters is 1. The van der Waals surface area contributed by atoms with Crippen LogP contribution in [0.4, 0.5) is 32.3 Å². The van der Waals surface area contributed by atoms with Gasteiger partial charge >= 0.3 is 23.8 Å². The van der Waals surface area contributed by atoms with Crippen molar-refractivity contribution in [3.05, 3.63) is 163 Å². The molecule has 808 valence electrons. The van der Waals surface area contributed by atoms with Crippen molar-refractivity contribution in [2.75, 3.05) is 81.3 Å².